The number of carboxylic acid groups (broad SMARTS) is 2. The predicted molar refractivity (Wildman–Crippen MR) is 284 cm³/mol. The molecule has 10 N–H and O–H groups in total. The molecule has 0 saturated heterocycles. The van der Waals surface area contributed by atoms with E-state index < -0.39 is 53.0 Å². The van der Waals surface area contributed by atoms with Crippen molar-refractivity contribution in [3.63, 3.8) is 0 Å². The second kappa shape index (κ2) is 21.3. The van der Waals surface area contributed by atoms with Gasteiger partial charge in [-0.3, -0.25) is 28.8 Å². The van der Waals surface area contributed by atoms with Crippen molar-refractivity contribution in [3.8, 4) is 11.5 Å². The highest BCUT2D eigenvalue weighted by Crippen LogP contribution is 2.37. The lowest BCUT2D eigenvalue weighted by Crippen LogP contribution is -2.32. The Morgan fingerprint density at radius 2 is 1.01 bits per heavy atom. The van der Waals surface area contributed by atoms with Crippen LogP contribution < -0.4 is 52.8 Å². The average molecular weight is 1120 g/mol. The smallest absolute Gasteiger partial charge is 0.349 e. The fraction of sp³-hybridized carbons (Fsp3) is 0.222. The Balaban J connectivity index is 0.000000172. The van der Waals surface area contributed by atoms with Crippen molar-refractivity contribution >= 4 is 70.3 Å². The first-order valence-corrected chi connectivity index (χ1v) is 25.4. The number of rotatable bonds is 12. The Labute approximate surface area is 459 Å². The molecule has 6 heterocycles. The number of fused-ring (bicyclic) bond motifs is 6. The molecule has 6 amide bonds. The number of hydrogen-bond acceptors (Lipinski definition) is 16. The van der Waals surface area contributed by atoms with Crippen molar-refractivity contribution in [2.75, 3.05) is 23.8 Å². The van der Waals surface area contributed by atoms with Gasteiger partial charge in [0.15, 0.2) is 13.2 Å². The summed E-state index contributed by atoms with van der Waals surface area (Å²) in [7, 11) is 0. The van der Waals surface area contributed by atoms with Crippen molar-refractivity contribution in [2.24, 2.45) is 0 Å². The molecule has 2 aliphatic carbocycles. The minimum absolute atomic E-state index is 0.0521. The van der Waals surface area contributed by atoms with Crippen molar-refractivity contribution in [1.82, 2.24) is 60.4 Å². The number of aromatic carboxylic acids is 2. The fourth-order valence-electron chi connectivity index (χ4n) is 10.4. The highest BCUT2D eigenvalue weighted by Gasteiger charge is 2.32. The van der Waals surface area contributed by atoms with E-state index in [2.05, 4.69) is 62.3 Å². The van der Waals surface area contributed by atoms with E-state index in [1.54, 1.807) is 62.4 Å². The second-order valence-corrected chi connectivity index (χ2v) is 19.4. The van der Waals surface area contributed by atoms with Crippen molar-refractivity contribution in [3.05, 3.63) is 172 Å². The van der Waals surface area contributed by atoms with E-state index in [-0.39, 0.29) is 89.6 Å². The van der Waals surface area contributed by atoms with Crippen LogP contribution in [-0.4, -0.2) is 110 Å². The summed E-state index contributed by atoms with van der Waals surface area (Å²) in [6.45, 7) is 3.48. The number of nitrogens with zero attached hydrogens (tertiary/aromatic N) is 6. The number of ether oxygens (including phenoxy) is 2. The quantitative estimate of drug-likeness (QED) is 0.0838. The molecule has 8 aromatic rings. The molecular formula is C54H46N14O14. The second-order valence-electron chi connectivity index (χ2n) is 19.4. The number of benzene rings is 4. The summed E-state index contributed by atoms with van der Waals surface area (Å²) < 4.78 is 12.6. The van der Waals surface area contributed by atoms with Crippen LogP contribution in [0.15, 0.2) is 82.4 Å². The SMILES string of the molecule is Cc1c(C(=O)O)ccc2c1CC[C@@H]2NC(=O)c1cc(C(=O)NCc2ccc3c(c2)NC(=O)CO3)n2c(=O)[nH]nc2n1.Cc1c(C(=O)O)ccc2c1CC[C@@H]2NC(=O)c1cc(C(=O)NCc2ccc3c(c2)NC(=O)CO3)nc2n[nH]c(=O)n12. The number of nitrogens with one attached hydrogen (secondary N) is 8. The molecule has 0 unspecified atom stereocenters. The molecule has 82 heavy (non-hydrogen) atoms. The van der Waals surface area contributed by atoms with Crippen LogP contribution in [0, 0.1) is 13.8 Å². The molecule has 28 heteroatoms. The third-order valence-corrected chi connectivity index (χ3v) is 14.4. The molecule has 4 aromatic heterocycles. The van der Waals surface area contributed by atoms with E-state index in [0.717, 1.165) is 31.1 Å². The number of H-pyrrole nitrogens is 2. The van der Waals surface area contributed by atoms with Crippen LogP contribution >= 0.6 is 0 Å². The molecule has 2 atom stereocenters. The maximum absolute atomic E-state index is 13.4. The standard InChI is InChI=1S/2C27H23N7O7/c1-12-14-5-6-17(16(14)4-3-15(12)25(38)39)30-23(36)19-9-20(34-26(31-19)32-33-27(34)40)24(37)28-10-13-2-7-21-18(8-13)29-22(35)11-41-21;1-12-14-5-6-17(16(14)4-3-15(12)25(38)39)30-24(37)20-9-19(31-26-32-33-27(40)34(20)26)23(36)28-10-13-2-7-21-18(8-13)29-22(35)11-41-21/h2-4,7-9,17H,5-6,10-11H2,1H3,(H,28,37)(H,29,35)(H,30,36)(H,33,40)(H,38,39);2-4,7-9,17H,5-6,10-11H2,1H3,(H,28,36)(H,29,35)(H,30,37)(H,33,40)(H,38,39)/t2*17-/m00/s1. The van der Waals surface area contributed by atoms with Crippen LogP contribution in [0.2, 0.25) is 0 Å². The van der Waals surface area contributed by atoms with E-state index in [1.807, 2.05) is 0 Å². The van der Waals surface area contributed by atoms with E-state index in [4.69, 9.17) is 9.47 Å². The monoisotopic (exact) mass is 1110 g/mol. The number of carbonyl (C=O) groups excluding carboxylic acids is 6. The number of carboxylic acids is 2. The molecule has 416 valence electrons. The first-order chi connectivity index (χ1) is 39.4. The Kier molecular flexibility index (Phi) is 13.8. The van der Waals surface area contributed by atoms with Gasteiger partial charge in [-0.2, -0.15) is 0 Å². The van der Waals surface area contributed by atoms with Crippen LogP contribution in [0.3, 0.4) is 0 Å². The van der Waals surface area contributed by atoms with Gasteiger partial charge < -0.3 is 51.6 Å². The third kappa shape index (κ3) is 10.2. The zero-order valence-corrected chi connectivity index (χ0v) is 43.2. The van der Waals surface area contributed by atoms with E-state index in [0.29, 0.717) is 70.8 Å². The fourth-order valence-corrected chi connectivity index (χ4v) is 10.4. The van der Waals surface area contributed by atoms with Crippen LogP contribution in [0.4, 0.5) is 11.4 Å². The molecule has 0 fully saturated rings. The van der Waals surface area contributed by atoms with Gasteiger partial charge in [0.25, 0.3) is 47.0 Å². The Morgan fingerprint density at radius 3 is 1.49 bits per heavy atom. The number of aromatic amines is 2. The summed E-state index contributed by atoms with van der Waals surface area (Å²) in [5.41, 5.74) is 5.47. The number of aromatic nitrogens is 8. The predicted octanol–water partition coefficient (Wildman–Crippen LogP) is 2.20. The summed E-state index contributed by atoms with van der Waals surface area (Å²) >= 11 is 0. The Morgan fingerprint density at radius 1 is 0.573 bits per heavy atom. The zero-order valence-electron chi connectivity index (χ0n) is 43.2. The minimum Gasteiger partial charge on any atom is -0.482 e. The van der Waals surface area contributed by atoms with Crippen LogP contribution in [0.1, 0.15) is 132 Å². The van der Waals surface area contributed by atoms with Crippen molar-refractivity contribution < 1.29 is 58.0 Å². The lowest BCUT2D eigenvalue weighted by Gasteiger charge is -2.18. The molecule has 28 nitrogen and oxygen atoms in total. The van der Waals surface area contributed by atoms with Gasteiger partial charge in [0.05, 0.1) is 34.6 Å². The number of amides is 6. The minimum atomic E-state index is -1.02. The molecule has 4 aromatic carbocycles. The first kappa shape index (κ1) is 53.0. The summed E-state index contributed by atoms with van der Waals surface area (Å²) in [5, 5.41) is 47.6. The average Bonchev–Trinajstić information content (AvgIpc) is 4.19. The van der Waals surface area contributed by atoms with E-state index >= 15 is 0 Å². The molecule has 0 spiro atoms. The lowest BCUT2D eigenvalue weighted by atomic mass is 9.98. The number of hydrogen-bond donors (Lipinski definition) is 10. The Hall–Kier alpha value is -11.1. The molecule has 2 aliphatic heterocycles. The van der Waals surface area contributed by atoms with Crippen LogP contribution in [-0.2, 0) is 35.5 Å². The summed E-state index contributed by atoms with van der Waals surface area (Å²) in [4.78, 5) is 132. The highest BCUT2D eigenvalue weighted by molar-refractivity contribution is 6.00. The topological polar surface area (TPSA) is 394 Å². The zero-order chi connectivity index (χ0) is 57.7. The molecule has 0 radical (unpaired) electrons. The molecule has 0 saturated carbocycles. The highest BCUT2D eigenvalue weighted by atomic mass is 16.5. The molecule has 4 aliphatic rings. The van der Waals surface area contributed by atoms with Gasteiger partial charge >= 0.3 is 23.3 Å². The van der Waals surface area contributed by atoms with Gasteiger partial charge in [0.1, 0.15) is 34.3 Å². The summed E-state index contributed by atoms with van der Waals surface area (Å²) in [5.74, 6) is -4.36. The van der Waals surface area contributed by atoms with Crippen molar-refractivity contribution in [1.29, 1.82) is 0 Å². The first-order valence-electron chi connectivity index (χ1n) is 25.4. The van der Waals surface area contributed by atoms with E-state index in [1.165, 1.54) is 24.3 Å². The largest absolute Gasteiger partial charge is 0.482 e. The maximum atomic E-state index is 13.4. The molecular weight excluding hydrogens is 1070 g/mol. The van der Waals surface area contributed by atoms with Gasteiger partial charge in [-0.05, 0) is 133 Å². The van der Waals surface area contributed by atoms with Crippen molar-refractivity contribution in [2.45, 2.75) is 64.7 Å². The third-order valence-electron chi connectivity index (χ3n) is 14.4. The summed E-state index contributed by atoms with van der Waals surface area (Å²) in [6, 6.07) is 18.2. The lowest BCUT2D eigenvalue weighted by molar-refractivity contribution is -0.119. The van der Waals surface area contributed by atoms with Gasteiger partial charge in [0, 0.05) is 13.1 Å². The van der Waals surface area contributed by atoms with E-state index in [9.17, 15) is 58.2 Å². The molecule has 12 rings (SSSR count). The van der Waals surface area contributed by atoms with Crippen LogP contribution in [0.25, 0.3) is 11.6 Å². The van der Waals surface area contributed by atoms with Gasteiger partial charge in [-0.1, -0.05) is 24.3 Å². The number of anilines is 2. The molecule has 0 bridgehead atoms. The van der Waals surface area contributed by atoms with Gasteiger partial charge in [-0.15, -0.1) is 10.2 Å². The van der Waals surface area contributed by atoms with Gasteiger partial charge in [0.2, 0.25) is 0 Å². The number of carbonyl (C=O) groups is 8. The summed E-state index contributed by atoms with van der Waals surface area (Å²) in [6.07, 6.45) is 2.28. The normalized spacial score (nSPS) is 15.4. The Bertz CT molecular complexity index is 4220. The van der Waals surface area contributed by atoms with Crippen LogP contribution in [0.5, 0.6) is 11.5 Å². The maximum Gasteiger partial charge on any atom is 0.349 e. The van der Waals surface area contributed by atoms with Gasteiger partial charge in [-0.25, -0.2) is 48.1 Å².